The lowest BCUT2D eigenvalue weighted by Crippen LogP contribution is -2.46. The second kappa shape index (κ2) is 13.5. The van der Waals surface area contributed by atoms with Gasteiger partial charge in [-0.1, -0.05) is 29.8 Å². The minimum absolute atomic E-state index is 0.0362. The maximum absolute atomic E-state index is 13.9. The Morgan fingerprint density at radius 2 is 1.98 bits per heavy atom. The highest BCUT2D eigenvalue weighted by Gasteiger charge is 2.35. The smallest absolute Gasteiger partial charge is 0.250 e. The Labute approximate surface area is 247 Å². The Bertz CT molecular complexity index is 1500. The number of halogens is 1. The minimum Gasteiger partial charge on any atom is -0.493 e. The lowest BCUT2D eigenvalue weighted by molar-refractivity contribution is -0.143. The van der Waals surface area contributed by atoms with Crippen LogP contribution in [0, 0.1) is 0 Å². The molecule has 0 bridgehead atoms. The van der Waals surface area contributed by atoms with Crippen molar-refractivity contribution in [2.24, 2.45) is 0 Å². The van der Waals surface area contributed by atoms with Gasteiger partial charge in [0, 0.05) is 30.3 Å². The number of benzene rings is 2. The predicted octanol–water partition coefficient (Wildman–Crippen LogP) is 3.67. The number of amides is 2. The van der Waals surface area contributed by atoms with Gasteiger partial charge in [-0.05, 0) is 60.0 Å². The number of nitrogens with one attached hydrogen (secondary N) is 1. The number of carbonyl (C=O) groups excluding carboxylic acids is 2. The third-order valence-electron chi connectivity index (χ3n) is 6.89. The molecule has 1 aliphatic heterocycles. The third-order valence-corrected chi connectivity index (χ3v) is 7.26. The Morgan fingerprint density at radius 1 is 1.14 bits per heavy atom. The molecule has 2 amide bonds. The van der Waals surface area contributed by atoms with Crippen molar-refractivity contribution in [1.82, 2.24) is 30.4 Å². The van der Waals surface area contributed by atoms with Crippen molar-refractivity contribution in [3.05, 3.63) is 77.2 Å². The standard InChI is InChI=1S/C29H31ClN6O6/c1-39-23-12-11-19(15-25(23)40-2)28-32-34-36(33-28)18-26(37)35(17-20-7-3-4-9-22(20)30)27(24-10-6-14-42-24)29(38)31-16-21-8-5-13-41-21/h3-4,6-7,9-12,14-15,21,27H,5,8,13,16-18H2,1-2H3,(H,31,38)/t21-,27-/m0/s1. The topological polar surface area (TPSA) is 134 Å². The Kier molecular flexibility index (Phi) is 9.35. The first-order chi connectivity index (χ1) is 20.5. The summed E-state index contributed by atoms with van der Waals surface area (Å²) in [5.74, 6) is 0.804. The molecule has 3 heterocycles. The fourth-order valence-corrected chi connectivity index (χ4v) is 4.93. The molecule has 2 aromatic carbocycles. The van der Waals surface area contributed by atoms with Crippen molar-refractivity contribution in [1.29, 1.82) is 0 Å². The van der Waals surface area contributed by atoms with Gasteiger partial charge in [-0.25, -0.2) is 0 Å². The molecule has 1 aliphatic rings. The van der Waals surface area contributed by atoms with Gasteiger partial charge < -0.3 is 28.8 Å². The minimum atomic E-state index is -1.08. The van der Waals surface area contributed by atoms with E-state index in [1.54, 1.807) is 55.6 Å². The summed E-state index contributed by atoms with van der Waals surface area (Å²) in [6, 6.07) is 14.6. The first kappa shape index (κ1) is 29.1. The zero-order valence-corrected chi connectivity index (χ0v) is 24.0. The van der Waals surface area contributed by atoms with Gasteiger partial charge in [-0.3, -0.25) is 9.59 Å². The van der Waals surface area contributed by atoms with Crippen LogP contribution in [-0.4, -0.2) is 70.4 Å². The van der Waals surface area contributed by atoms with Gasteiger partial charge in [0.25, 0.3) is 5.91 Å². The van der Waals surface area contributed by atoms with Crippen LogP contribution in [0.2, 0.25) is 5.02 Å². The Morgan fingerprint density at radius 3 is 2.69 bits per heavy atom. The van der Waals surface area contributed by atoms with E-state index in [2.05, 4.69) is 20.7 Å². The van der Waals surface area contributed by atoms with E-state index in [0.717, 1.165) is 12.8 Å². The molecule has 1 fully saturated rings. The van der Waals surface area contributed by atoms with E-state index in [1.807, 2.05) is 6.07 Å². The van der Waals surface area contributed by atoms with E-state index in [4.69, 9.17) is 30.2 Å². The molecule has 2 aromatic heterocycles. The molecule has 12 nitrogen and oxygen atoms in total. The van der Waals surface area contributed by atoms with Gasteiger partial charge in [-0.15, -0.1) is 10.2 Å². The summed E-state index contributed by atoms with van der Waals surface area (Å²) < 4.78 is 22.0. The normalized spacial score (nSPS) is 15.3. The van der Waals surface area contributed by atoms with Crippen molar-refractivity contribution in [2.45, 2.75) is 38.1 Å². The highest BCUT2D eigenvalue weighted by molar-refractivity contribution is 6.31. The molecule has 0 aliphatic carbocycles. The lowest BCUT2D eigenvalue weighted by atomic mass is 10.1. The number of nitrogens with zero attached hydrogens (tertiary/aromatic N) is 5. The maximum atomic E-state index is 13.9. The zero-order valence-electron chi connectivity index (χ0n) is 23.2. The van der Waals surface area contributed by atoms with Gasteiger partial charge >= 0.3 is 0 Å². The summed E-state index contributed by atoms with van der Waals surface area (Å²) in [6.45, 7) is 0.731. The second-order valence-electron chi connectivity index (χ2n) is 9.62. The second-order valence-corrected chi connectivity index (χ2v) is 10.0. The van der Waals surface area contributed by atoms with E-state index in [9.17, 15) is 9.59 Å². The molecule has 0 unspecified atom stereocenters. The highest BCUT2D eigenvalue weighted by atomic mass is 35.5. The molecule has 5 rings (SSSR count). The number of furan rings is 1. The summed E-state index contributed by atoms with van der Waals surface area (Å²) in [5, 5.41) is 16.0. The van der Waals surface area contributed by atoms with Crippen LogP contribution in [0.15, 0.2) is 65.3 Å². The number of methoxy groups -OCH3 is 2. The Hall–Kier alpha value is -4.42. The van der Waals surface area contributed by atoms with Gasteiger partial charge in [0.05, 0.1) is 26.6 Å². The SMILES string of the molecule is COc1ccc(-c2nnn(CC(=O)N(Cc3ccccc3Cl)[C@H](C(=O)NC[C@@H]3CCCO3)c3ccco3)n2)cc1OC. The summed E-state index contributed by atoms with van der Waals surface area (Å²) in [7, 11) is 3.08. The molecule has 0 saturated carbocycles. The van der Waals surface area contributed by atoms with Crippen LogP contribution in [0.5, 0.6) is 11.5 Å². The quantitative estimate of drug-likeness (QED) is 0.261. The van der Waals surface area contributed by atoms with E-state index in [1.165, 1.54) is 23.1 Å². The van der Waals surface area contributed by atoms with Gasteiger partial charge in [0.1, 0.15) is 12.3 Å². The van der Waals surface area contributed by atoms with Crippen molar-refractivity contribution < 1.29 is 28.2 Å². The molecule has 1 N–H and O–H groups in total. The average molecular weight is 595 g/mol. The highest BCUT2D eigenvalue weighted by Crippen LogP contribution is 2.31. The number of tetrazole rings is 1. The molecule has 13 heteroatoms. The number of hydrogen-bond donors (Lipinski definition) is 1. The third kappa shape index (κ3) is 6.72. The summed E-state index contributed by atoms with van der Waals surface area (Å²) >= 11 is 6.47. The first-order valence-electron chi connectivity index (χ1n) is 13.4. The molecule has 0 spiro atoms. The molecule has 220 valence electrons. The lowest BCUT2D eigenvalue weighted by Gasteiger charge is -2.30. The summed E-state index contributed by atoms with van der Waals surface area (Å²) in [6.07, 6.45) is 3.18. The van der Waals surface area contributed by atoms with Gasteiger partial charge in [0.15, 0.2) is 17.5 Å². The number of carbonyl (C=O) groups is 2. The van der Waals surface area contributed by atoms with Crippen LogP contribution in [0.25, 0.3) is 11.4 Å². The van der Waals surface area contributed by atoms with Crippen molar-refractivity contribution in [3.63, 3.8) is 0 Å². The zero-order chi connectivity index (χ0) is 29.5. The van der Waals surface area contributed by atoms with E-state index >= 15 is 0 Å². The van der Waals surface area contributed by atoms with E-state index in [-0.39, 0.29) is 19.2 Å². The molecule has 1 saturated heterocycles. The number of rotatable bonds is 12. The largest absolute Gasteiger partial charge is 0.493 e. The number of ether oxygens (including phenoxy) is 3. The monoisotopic (exact) mass is 594 g/mol. The number of aromatic nitrogens is 4. The van der Waals surface area contributed by atoms with Crippen LogP contribution >= 0.6 is 11.6 Å². The van der Waals surface area contributed by atoms with Crippen LogP contribution in [-0.2, 0) is 27.4 Å². The van der Waals surface area contributed by atoms with Crippen molar-refractivity contribution >= 4 is 23.4 Å². The average Bonchev–Trinajstić information content (AvgIpc) is 3.80. The van der Waals surface area contributed by atoms with Gasteiger partial charge in [0.2, 0.25) is 11.7 Å². The predicted molar refractivity (Wildman–Crippen MR) is 152 cm³/mol. The fraction of sp³-hybridized carbons (Fsp3) is 0.345. The summed E-state index contributed by atoms with van der Waals surface area (Å²) in [4.78, 5) is 30.2. The number of hydrogen-bond acceptors (Lipinski definition) is 9. The van der Waals surface area contributed by atoms with Crippen LogP contribution in [0.4, 0.5) is 0 Å². The molecule has 4 aromatic rings. The molecule has 0 radical (unpaired) electrons. The Balaban J connectivity index is 1.42. The maximum Gasteiger partial charge on any atom is 0.250 e. The van der Waals surface area contributed by atoms with E-state index < -0.39 is 17.9 Å². The first-order valence-corrected chi connectivity index (χ1v) is 13.8. The summed E-state index contributed by atoms with van der Waals surface area (Å²) in [5.41, 5.74) is 1.29. The molecule has 42 heavy (non-hydrogen) atoms. The van der Waals surface area contributed by atoms with E-state index in [0.29, 0.717) is 52.4 Å². The molecular weight excluding hydrogens is 564 g/mol. The van der Waals surface area contributed by atoms with Gasteiger partial charge in [-0.2, -0.15) is 4.80 Å². The van der Waals surface area contributed by atoms with Crippen LogP contribution in [0.3, 0.4) is 0 Å². The molecule has 2 atom stereocenters. The fourth-order valence-electron chi connectivity index (χ4n) is 4.73. The molecular formula is C29H31ClN6O6. The van der Waals surface area contributed by atoms with Crippen LogP contribution < -0.4 is 14.8 Å². The van der Waals surface area contributed by atoms with Crippen LogP contribution in [0.1, 0.15) is 30.2 Å². The van der Waals surface area contributed by atoms with Crippen molar-refractivity contribution in [3.8, 4) is 22.9 Å². The van der Waals surface area contributed by atoms with Crippen molar-refractivity contribution in [2.75, 3.05) is 27.4 Å².